The molecule has 2 N–H and O–H groups in total. The maximum atomic E-state index is 12.9. The van der Waals surface area contributed by atoms with E-state index in [1.165, 1.54) is 11.3 Å². The number of aryl methyl sites for hydroxylation is 1. The van der Waals surface area contributed by atoms with Crippen LogP contribution in [0.5, 0.6) is 11.5 Å². The minimum atomic E-state index is -0.534. The number of ether oxygens (including phenoxy) is 2. The number of rotatable bonds is 5. The summed E-state index contributed by atoms with van der Waals surface area (Å²) in [7, 11) is 3.15. The molecule has 1 aliphatic rings. The molecule has 0 aliphatic carbocycles. The summed E-state index contributed by atoms with van der Waals surface area (Å²) in [5.41, 5.74) is 6.90. The van der Waals surface area contributed by atoms with Gasteiger partial charge in [0.15, 0.2) is 11.5 Å². The van der Waals surface area contributed by atoms with Crippen LogP contribution in [0.3, 0.4) is 0 Å². The summed E-state index contributed by atoms with van der Waals surface area (Å²) in [6.07, 6.45) is 1.39. The third-order valence-corrected chi connectivity index (χ3v) is 5.66. The SMILES string of the molecule is COc1ccc(-c2nc(C)c(C(=O)N3CCC[C@@H]3C(N)=O)s2)cc1OC. The Morgan fingerprint density at radius 2 is 2.00 bits per heavy atom. The van der Waals surface area contributed by atoms with Crippen molar-refractivity contribution in [2.24, 2.45) is 5.73 Å². The number of hydrogen-bond donors (Lipinski definition) is 1. The van der Waals surface area contributed by atoms with Gasteiger partial charge in [0.25, 0.3) is 5.91 Å². The predicted molar refractivity (Wildman–Crippen MR) is 98.6 cm³/mol. The van der Waals surface area contributed by atoms with E-state index in [1.807, 2.05) is 12.1 Å². The van der Waals surface area contributed by atoms with Crippen LogP contribution in [0.1, 0.15) is 28.2 Å². The van der Waals surface area contributed by atoms with E-state index < -0.39 is 11.9 Å². The molecule has 7 nitrogen and oxygen atoms in total. The first kappa shape index (κ1) is 18.2. The smallest absolute Gasteiger partial charge is 0.266 e. The maximum absolute atomic E-state index is 12.9. The van der Waals surface area contributed by atoms with Crippen molar-refractivity contribution < 1.29 is 19.1 Å². The normalized spacial score (nSPS) is 16.6. The van der Waals surface area contributed by atoms with E-state index in [2.05, 4.69) is 4.98 Å². The first-order valence-electron chi connectivity index (χ1n) is 8.26. The highest BCUT2D eigenvalue weighted by atomic mass is 32.1. The van der Waals surface area contributed by atoms with Gasteiger partial charge in [-0.2, -0.15) is 0 Å². The maximum Gasteiger partial charge on any atom is 0.266 e. The first-order valence-corrected chi connectivity index (χ1v) is 9.08. The Labute approximate surface area is 155 Å². The third kappa shape index (κ3) is 3.24. The molecule has 1 fully saturated rings. The van der Waals surface area contributed by atoms with Crippen LogP contribution in [-0.4, -0.2) is 48.5 Å². The van der Waals surface area contributed by atoms with E-state index in [0.29, 0.717) is 40.0 Å². The molecule has 0 saturated carbocycles. The molecule has 0 unspecified atom stereocenters. The van der Waals surface area contributed by atoms with Crippen LogP contribution >= 0.6 is 11.3 Å². The second-order valence-corrected chi connectivity index (χ2v) is 7.06. The van der Waals surface area contributed by atoms with Crippen LogP contribution < -0.4 is 15.2 Å². The van der Waals surface area contributed by atoms with Gasteiger partial charge in [-0.3, -0.25) is 9.59 Å². The molecule has 0 radical (unpaired) electrons. The summed E-state index contributed by atoms with van der Waals surface area (Å²) >= 11 is 1.30. The molecule has 0 spiro atoms. The number of carbonyl (C=O) groups is 2. The van der Waals surface area contributed by atoms with E-state index in [9.17, 15) is 9.59 Å². The largest absolute Gasteiger partial charge is 0.493 e. The highest BCUT2D eigenvalue weighted by molar-refractivity contribution is 7.17. The van der Waals surface area contributed by atoms with E-state index in [4.69, 9.17) is 15.2 Å². The number of benzene rings is 1. The zero-order valence-corrected chi connectivity index (χ0v) is 15.8. The van der Waals surface area contributed by atoms with Crippen molar-refractivity contribution in [3.05, 3.63) is 28.8 Å². The fourth-order valence-electron chi connectivity index (χ4n) is 3.12. The molecule has 138 valence electrons. The lowest BCUT2D eigenvalue weighted by Gasteiger charge is -2.21. The van der Waals surface area contributed by atoms with Gasteiger partial charge >= 0.3 is 0 Å². The quantitative estimate of drug-likeness (QED) is 0.865. The number of likely N-dealkylation sites (tertiary alicyclic amines) is 1. The van der Waals surface area contributed by atoms with Crippen molar-refractivity contribution in [1.29, 1.82) is 0 Å². The number of aromatic nitrogens is 1. The lowest BCUT2D eigenvalue weighted by molar-refractivity contribution is -0.121. The van der Waals surface area contributed by atoms with Crippen molar-refractivity contribution in [2.75, 3.05) is 20.8 Å². The number of nitrogens with two attached hydrogens (primary N) is 1. The van der Waals surface area contributed by atoms with E-state index in [1.54, 1.807) is 32.1 Å². The van der Waals surface area contributed by atoms with Crippen molar-refractivity contribution in [1.82, 2.24) is 9.88 Å². The van der Waals surface area contributed by atoms with Crippen molar-refractivity contribution in [3.63, 3.8) is 0 Å². The molecule has 3 rings (SSSR count). The fraction of sp³-hybridized carbons (Fsp3) is 0.389. The Morgan fingerprint density at radius 1 is 1.27 bits per heavy atom. The number of carbonyl (C=O) groups excluding carboxylic acids is 2. The summed E-state index contributed by atoms with van der Waals surface area (Å²) in [5, 5.41) is 0.710. The number of hydrogen-bond acceptors (Lipinski definition) is 6. The Hall–Kier alpha value is -2.61. The summed E-state index contributed by atoms with van der Waals surface area (Å²) in [6, 6.07) is 4.97. The van der Waals surface area contributed by atoms with Gasteiger partial charge in [0.05, 0.1) is 19.9 Å². The lowest BCUT2D eigenvalue weighted by Crippen LogP contribution is -2.43. The topological polar surface area (TPSA) is 94.8 Å². The molecule has 1 saturated heterocycles. The molecule has 1 aromatic heterocycles. The standard InChI is InChI=1S/C18H21N3O4S/c1-10-15(18(23)21-8-4-5-12(21)16(19)22)26-17(20-10)11-6-7-13(24-2)14(9-11)25-3/h6-7,9,12H,4-5,8H2,1-3H3,(H2,19,22)/t12-/m1/s1. The van der Waals surface area contributed by atoms with E-state index in [-0.39, 0.29) is 5.91 Å². The minimum Gasteiger partial charge on any atom is -0.493 e. The van der Waals surface area contributed by atoms with Crippen molar-refractivity contribution in [3.8, 4) is 22.1 Å². The van der Waals surface area contributed by atoms with Crippen molar-refractivity contribution in [2.45, 2.75) is 25.8 Å². The number of amides is 2. The summed E-state index contributed by atoms with van der Waals surface area (Å²) < 4.78 is 10.6. The predicted octanol–water partition coefficient (Wildman–Crippen LogP) is 2.23. The molecule has 0 bridgehead atoms. The van der Waals surface area contributed by atoms with E-state index in [0.717, 1.165) is 12.0 Å². The highest BCUT2D eigenvalue weighted by Crippen LogP contribution is 2.35. The highest BCUT2D eigenvalue weighted by Gasteiger charge is 2.34. The van der Waals surface area contributed by atoms with Gasteiger partial charge in [-0.1, -0.05) is 0 Å². The van der Waals surface area contributed by atoms with Crippen molar-refractivity contribution >= 4 is 23.2 Å². The molecular formula is C18H21N3O4S. The molecule has 1 aliphatic heterocycles. The molecular weight excluding hydrogens is 354 g/mol. The average Bonchev–Trinajstić information content (AvgIpc) is 3.27. The molecule has 2 amide bonds. The summed E-state index contributed by atoms with van der Waals surface area (Å²) in [5.74, 6) is 0.576. The van der Waals surface area contributed by atoms with E-state index >= 15 is 0 Å². The van der Waals surface area contributed by atoms with Gasteiger partial charge in [0.1, 0.15) is 15.9 Å². The van der Waals surface area contributed by atoms with Crippen LogP contribution in [0.2, 0.25) is 0 Å². The van der Waals surface area contributed by atoms with Crippen LogP contribution in [0, 0.1) is 6.92 Å². The lowest BCUT2D eigenvalue weighted by atomic mass is 10.2. The number of primary amides is 1. The first-order chi connectivity index (χ1) is 12.5. The Bertz CT molecular complexity index is 849. The molecule has 1 aromatic carbocycles. The van der Waals surface area contributed by atoms with Crippen LogP contribution in [-0.2, 0) is 4.79 Å². The fourth-order valence-corrected chi connectivity index (χ4v) is 4.14. The average molecular weight is 375 g/mol. The van der Waals surface area contributed by atoms with Gasteiger partial charge in [0.2, 0.25) is 5.91 Å². The molecule has 26 heavy (non-hydrogen) atoms. The zero-order valence-electron chi connectivity index (χ0n) is 14.9. The van der Waals surface area contributed by atoms with Gasteiger partial charge in [0, 0.05) is 12.1 Å². The van der Waals surface area contributed by atoms with Gasteiger partial charge in [-0.25, -0.2) is 4.98 Å². The van der Waals surface area contributed by atoms with Gasteiger partial charge in [-0.05, 0) is 38.0 Å². The monoisotopic (exact) mass is 375 g/mol. The Balaban J connectivity index is 1.92. The van der Waals surface area contributed by atoms with Crippen LogP contribution in [0.25, 0.3) is 10.6 Å². The second kappa shape index (κ2) is 7.33. The van der Waals surface area contributed by atoms with Gasteiger partial charge in [-0.15, -0.1) is 11.3 Å². The summed E-state index contributed by atoms with van der Waals surface area (Å²) in [4.78, 5) is 31.1. The van der Waals surface area contributed by atoms with Crippen LogP contribution in [0.4, 0.5) is 0 Å². The molecule has 2 aromatic rings. The minimum absolute atomic E-state index is 0.187. The number of thiazole rings is 1. The molecule has 1 atom stereocenters. The second-order valence-electron chi connectivity index (χ2n) is 6.06. The third-order valence-electron chi connectivity index (χ3n) is 4.46. The van der Waals surface area contributed by atoms with Crippen LogP contribution in [0.15, 0.2) is 18.2 Å². The summed E-state index contributed by atoms with van der Waals surface area (Å²) in [6.45, 7) is 2.33. The molecule has 8 heteroatoms. The Kier molecular flexibility index (Phi) is 5.13. The molecule has 2 heterocycles. The number of nitrogens with zero attached hydrogens (tertiary/aromatic N) is 2. The Morgan fingerprint density at radius 3 is 2.65 bits per heavy atom. The van der Waals surface area contributed by atoms with Gasteiger partial charge < -0.3 is 20.1 Å². The number of methoxy groups -OCH3 is 2. The zero-order chi connectivity index (χ0) is 18.8.